The van der Waals surface area contributed by atoms with E-state index in [1.165, 1.54) is 0 Å². The topological polar surface area (TPSA) is 88.1 Å². The van der Waals surface area contributed by atoms with Crippen molar-refractivity contribution in [3.05, 3.63) is 83.0 Å². The third kappa shape index (κ3) is 9.73. The molecule has 0 atom stereocenters. The van der Waals surface area contributed by atoms with Gasteiger partial charge in [0, 0.05) is 11.1 Å². The predicted octanol–water partition coefficient (Wildman–Crippen LogP) is 4.69. The first kappa shape index (κ1) is 26.4. The highest BCUT2D eigenvalue weighted by atomic mass is 16.6. The zero-order chi connectivity index (χ0) is 24.9. The van der Waals surface area contributed by atoms with E-state index in [4.69, 9.17) is 18.9 Å². The lowest BCUT2D eigenvalue weighted by atomic mass is 10.0. The molecule has 0 aromatic heterocycles. The van der Waals surface area contributed by atoms with E-state index in [1.807, 2.05) is 27.7 Å². The third-order valence-electron chi connectivity index (χ3n) is 4.42. The summed E-state index contributed by atoms with van der Waals surface area (Å²) in [6.45, 7) is 7.67. The Bertz CT molecular complexity index is 940. The highest BCUT2D eigenvalue weighted by Gasteiger charge is 2.11. The van der Waals surface area contributed by atoms with Crippen molar-refractivity contribution in [1.82, 2.24) is 0 Å². The maximum absolute atomic E-state index is 12.7. The number of carbonyl (C=O) groups is 3. The molecule has 0 heterocycles. The van der Waals surface area contributed by atoms with Crippen molar-refractivity contribution in [2.75, 3.05) is 26.4 Å². The summed E-state index contributed by atoms with van der Waals surface area (Å²) in [5, 5.41) is 0. The molecule has 0 amide bonds. The van der Waals surface area contributed by atoms with Gasteiger partial charge in [-0.2, -0.15) is 0 Å². The van der Waals surface area contributed by atoms with Crippen LogP contribution >= 0.6 is 0 Å². The molecule has 0 spiro atoms. The second-order valence-electron chi connectivity index (χ2n) is 7.88. The maximum atomic E-state index is 12.7. The Kier molecular flexibility index (Phi) is 10.6. The molecule has 2 aromatic carbocycles. The summed E-state index contributed by atoms with van der Waals surface area (Å²) >= 11 is 0. The first-order valence-electron chi connectivity index (χ1n) is 10.8. The van der Waals surface area contributed by atoms with Crippen LogP contribution in [0.3, 0.4) is 0 Å². The normalized spacial score (nSPS) is 10.0. The molecule has 7 heteroatoms. The van der Waals surface area contributed by atoms with Crippen LogP contribution in [0.15, 0.2) is 71.8 Å². The van der Waals surface area contributed by atoms with Crippen molar-refractivity contribution in [2.45, 2.75) is 27.7 Å². The molecule has 0 saturated heterocycles. The van der Waals surface area contributed by atoms with Gasteiger partial charge >= 0.3 is 11.9 Å². The highest BCUT2D eigenvalue weighted by Crippen LogP contribution is 2.18. The molecule has 34 heavy (non-hydrogen) atoms. The Hall–Kier alpha value is -3.87. The van der Waals surface area contributed by atoms with E-state index in [1.54, 1.807) is 60.7 Å². The van der Waals surface area contributed by atoms with Gasteiger partial charge in [-0.25, -0.2) is 9.59 Å². The fourth-order valence-corrected chi connectivity index (χ4v) is 2.54. The molecule has 0 N–H and O–H groups in total. The fourth-order valence-electron chi connectivity index (χ4n) is 2.54. The van der Waals surface area contributed by atoms with Crippen LogP contribution in [0.4, 0.5) is 0 Å². The summed E-state index contributed by atoms with van der Waals surface area (Å²) in [5.41, 5.74) is 3.06. The predicted molar refractivity (Wildman–Crippen MR) is 128 cm³/mol. The number of hydrogen-bond donors (Lipinski definition) is 0. The van der Waals surface area contributed by atoms with Crippen LogP contribution in [0.2, 0.25) is 0 Å². The molecule has 0 unspecified atom stereocenters. The van der Waals surface area contributed by atoms with E-state index in [-0.39, 0.29) is 32.2 Å². The lowest BCUT2D eigenvalue weighted by molar-refractivity contribution is -0.145. The van der Waals surface area contributed by atoms with Crippen molar-refractivity contribution in [3.8, 4) is 11.5 Å². The second-order valence-corrected chi connectivity index (χ2v) is 7.88. The summed E-state index contributed by atoms with van der Waals surface area (Å²) in [7, 11) is 0. The third-order valence-corrected chi connectivity index (χ3v) is 4.42. The average molecular weight is 467 g/mol. The van der Waals surface area contributed by atoms with Crippen LogP contribution in [0, 0.1) is 0 Å². The molecular formula is C27H30O7. The van der Waals surface area contributed by atoms with E-state index in [0.29, 0.717) is 22.6 Å². The number of esters is 2. The molecule has 0 radical (unpaired) electrons. The van der Waals surface area contributed by atoms with Crippen molar-refractivity contribution >= 4 is 17.7 Å². The summed E-state index contributed by atoms with van der Waals surface area (Å²) in [4.78, 5) is 36.0. The summed E-state index contributed by atoms with van der Waals surface area (Å²) in [6.07, 6.45) is 3.61. The minimum absolute atomic E-state index is 0.180. The lowest BCUT2D eigenvalue weighted by Crippen LogP contribution is -2.15. The molecular weight excluding hydrogens is 436 g/mol. The van der Waals surface area contributed by atoms with Gasteiger partial charge < -0.3 is 18.9 Å². The second kappa shape index (κ2) is 13.6. The first-order chi connectivity index (χ1) is 16.2. The Morgan fingerprint density at radius 3 is 1.29 bits per heavy atom. The standard InChI is InChI=1S/C27H30O7/c1-19(2)13-15-31-25(28)17-33-23-9-5-21(6-10-23)27(30)22-7-11-24(12-8-22)34-18-26(29)32-16-14-20(3)4/h5-14H,15-18H2,1-4H3. The number of ketones is 1. The lowest BCUT2D eigenvalue weighted by Gasteiger charge is -2.08. The van der Waals surface area contributed by atoms with Gasteiger partial charge in [0.05, 0.1) is 0 Å². The minimum atomic E-state index is -0.471. The van der Waals surface area contributed by atoms with Gasteiger partial charge in [-0.05, 0) is 88.4 Å². The van der Waals surface area contributed by atoms with E-state index >= 15 is 0 Å². The minimum Gasteiger partial charge on any atom is -0.482 e. The van der Waals surface area contributed by atoms with Crippen LogP contribution < -0.4 is 9.47 Å². The van der Waals surface area contributed by atoms with Crippen LogP contribution in [0.1, 0.15) is 43.6 Å². The van der Waals surface area contributed by atoms with Crippen LogP contribution in [-0.2, 0) is 19.1 Å². The smallest absolute Gasteiger partial charge is 0.344 e. The molecule has 0 bridgehead atoms. The number of benzene rings is 2. The van der Waals surface area contributed by atoms with Gasteiger partial charge in [-0.15, -0.1) is 0 Å². The Balaban J connectivity index is 1.83. The Labute approximate surface area is 200 Å². The first-order valence-corrected chi connectivity index (χ1v) is 10.8. The SMILES string of the molecule is CC(C)=CCOC(=O)COc1ccc(C(=O)c2ccc(OCC(=O)OCC=C(C)C)cc2)cc1. The molecule has 2 aromatic rings. The van der Waals surface area contributed by atoms with Crippen molar-refractivity contribution in [3.63, 3.8) is 0 Å². The molecule has 0 aliphatic heterocycles. The summed E-state index contributed by atoms with van der Waals surface area (Å²) < 4.78 is 20.9. The van der Waals surface area contributed by atoms with Gasteiger partial charge in [0.25, 0.3) is 0 Å². The van der Waals surface area contributed by atoms with Crippen molar-refractivity contribution in [2.24, 2.45) is 0 Å². The van der Waals surface area contributed by atoms with Crippen LogP contribution in [0.5, 0.6) is 11.5 Å². The largest absolute Gasteiger partial charge is 0.482 e. The number of allylic oxidation sites excluding steroid dienone is 2. The number of hydrogen-bond acceptors (Lipinski definition) is 7. The van der Waals surface area contributed by atoms with Crippen LogP contribution in [0.25, 0.3) is 0 Å². The quantitative estimate of drug-likeness (QED) is 0.255. The summed E-state index contributed by atoms with van der Waals surface area (Å²) in [6, 6.07) is 13.0. The van der Waals surface area contributed by atoms with E-state index < -0.39 is 11.9 Å². The zero-order valence-electron chi connectivity index (χ0n) is 20.0. The molecule has 2 rings (SSSR count). The Morgan fingerprint density at radius 1 is 0.618 bits per heavy atom. The molecule has 0 aliphatic carbocycles. The molecule has 0 aliphatic rings. The van der Waals surface area contributed by atoms with Crippen LogP contribution in [-0.4, -0.2) is 44.1 Å². The van der Waals surface area contributed by atoms with Gasteiger partial charge in [-0.3, -0.25) is 4.79 Å². The van der Waals surface area contributed by atoms with E-state index in [2.05, 4.69) is 0 Å². The van der Waals surface area contributed by atoms with Crippen molar-refractivity contribution in [1.29, 1.82) is 0 Å². The van der Waals surface area contributed by atoms with Gasteiger partial charge in [0.1, 0.15) is 24.7 Å². The molecule has 0 saturated carbocycles. The molecule has 0 fully saturated rings. The van der Waals surface area contributed by atoms with E-state index in [9.17, 15) is 14.4 Å². The Morgan fingerprint density at radius 2 is 0.971 bits per heavy atom. The number of rotatable bonds is 12. The average Bonchev–Trinajstić information content (AvgIpc) is 2.81. The van der Waals surface area contributed by atoms with Gasteiger partial charge in [0.2, 0.25) is 0 Å². The summed E-state index contributed by atoms with van der Waals surface area (Å²) in [5.74, 6) is -0.213. The van der Waals surface area contributed by atoms with E-state index in [0.717, 1.165) is 11.1 Å². The van der Waals surface area contributed by atoms with Gasteiger partial charge in [-0.1, -0.05) is 11.1 Å². The molecule has 180 valence electrons. The monoisotopic (exact) mass is 466 g/mol. The number of ether oxygens (including phenoxy) is 4. The zero-order valence-corrected chi connectivity index (χ0v) is 20.0. The molecule has 7 nitrogen and oxygen atoms in total. The number of carbonyl (C=O) groups excluding carboxylic acids is 3. The van der Waals surface area contributed by atoms with Gasteiger partial charge in [0.15, 0.2) is 19.0 Å². The maximum Gasteiger partial charge on any atom is 0.344 e. The fraction of sp³-hybridized carbons (Fsp3) is 0.296. The van der Waals surface area contributed by atoms with Crippen molar-refractivity contribution < 1.29 is 33.3 Å². The highest BCUT2D eigenvalue weighted by molar-refractivity contribution is 6.09.